The summed E-state index contributed by atoms with van der Waals surface area (Å²) in [6, 6.07) is 10.1. The molecule has 2 aromatic rings. The third-order valence-corrected chi connectivity index (χ3v) is 13.5. The second kappa shape index (κ2) is 17.8. The number of rotatable bonds is 18. The standard InChI is InChI=1S/C41H54N4O11S3/c1-28-11-15-34-32(25-28)40(2,3)36(44(34)21-7-23-57(47,48)49)17-12-29-9-6-10-30(39(29)43-38(19-20-42)56-27-46)13-18-37-41(4,5)33-26-31(59(53,54)55)14-16-35(33)45(37)22-8-24-58(50,51)52/h11-18,25-27,38H,6-10,19-24,42H2,1-5H3,(H3,47,48,49,50,51,52,53,54,55)/p-2/b29-12+,36-17-. The van der Waals surface area contributed by atoms with Gasteiger partial charge in [0.15, 0.2) is 11.9 Å². The fourth-order valence-corrected chi connectivity index (χ4v) is 9.70. The van der Waals surface area contributed by atoms with Crippen molar-refractivity contribution in [2.45, 2.75) is 95.1 Å². The number of nitrogens with two attached hydrogens (primary N) is 1. The molecule has 59 heavy (non-hydrogen) atoms. The van der Waals surface area contributed by atoms with Gasteiger partial charge in [0.1, 0.15) is 16.7 Å². The molecular formula is C41H52N4O11S3-2. The molecule has 0 radical (unpaired) electrons. The van der Waals surface area contributed by atoms with Crippen molar-refractivity contribution in [2.75, 3.05) is 36.0 Å². The van der Waals surface area contributed by atoms with Crippen molar-refractivity contribution in [1.82, 2.24) is 5.32 Å². The summed E-state index contributed by atoms with van der Waals surface area (Å²) >= 11 is 0. The molecule has 0 saturated heterocycles. The van der Waals surface area contributed by atoms with Crippen LogP contribution in [0.15, 0.2) is 88.1 Å². The Morgan fingerprint density at radius 1 is 0.898 bits per heavy atom. The molecule has 3 N–H and O–H groups in total. The van der Waals surface area contributed by atoms with Crippen LogP contribution < -0.4 is 16.0 Å². The quantitative estimate of drug-likeness (QED) is 0.0924. The SMILES string of the molecule is Cc1ccc2c(c1)C(C)(C)/C(=C/C=C1\CCCC(/C=C/C3=[N+](CCCS(=O)(=O)[O-])c4ccc(S(=O)(=O)[O-])cc4C3(C)C)=C1NC(CCN)OC=O)N2CCCS(=O)(=O)[O-]. The Kier molecular flexibility index (Phi) is 13.9. The normalized spacial score (nSPS) is 19.8. The average molecular weight is 873 g/mol. The van der Waals surface area contributed by atoms with Crippen LogP contribution in [0.25, 0.3) is 0 Å². The number of aryl methyl sites for hydroxylation is 1. The van der Waals surface area contributed by atoms with Crippen molar-refractivity contribution < 1.29 is 53.0 Å². The van der Waals surface area contributed by atoms with Crippen molar-refractivity contribution in [3.05, 3.63) is 99.9 Å². The van der Waals surface area contributed by atoms with Crippen LogP contribution >= 0.6 is 0 Å². The first-order valence-electron chi connectivity index (χ1n) is 19.4. The van der Waals surface area contributed by atoms with Gasteiger partial charge in [0.2, 0.25) is 5.69 Å². The van der Waals surface area contributed by atoms with Gasteiger partial charge in [0.05, 0.1) is 30.5 Å². The van der Waals surface area contributed by atoms with Crippen LogP contribution in [-0.2, 0) is 50.7 Å². The fourth-order valence-electron chi connectivity index (χ4n) is 8.24. The number of hydrogen-bond donors (Lipinski definition) is 2. The molecule has 1 aliphatic carbocycles. The van der Waals surface area contributed by atoms with Gasteiger partial charge in [-0.2, -0.15) is 4.58 Å². The zero-order valence-electron chi connectivity index (χ0n) is 33.9. The molecule has 0 aromatic heterocycles. The first-order chi connectivity index (χ1) is 27.5. The molecule has 3 aliphatic rings. The fraction of sp³-hybridized carbons (Fsp3) is 0.463. The zero-order chi connectivity index (χ0) is 43.6. The number of carbonyl (C=O) groups excluding carboxylic acids is 1. The van der Waals surface area contributed by atoms with Gasteiger partial charge < -0.3 is 34.3 Å². The summed E-state index contributed by atoms with van der Waals surface area (Å²) in [6.45, 7) is 10.9. The highest BCUT2D eigenvalue weighted by molar-refractivity contribution is 7.86. The Hall–Kier alpha value is -4.17. The molecule has 18 heteroatoms. The van der Waals surface area contributed by atoms with Gasteiger partial charge in [-0.05, 0) is 94.0 Å². The number of nitrogens with one attached hydrogen (secondary N) is 1. The lowest BCUT2D eigenvalue weighted by molar-refractivity contribution is -0.437. The molecule has 15 nitrogen and oxygen atoms in total. The van der Waals surface area contributed by atoms with Crippen molar-refractivity contribution in [2.24, 2.45) is 5.73 Å². The van der Waals surface area contributed by atoms with E-state index in [4.69, 9.17) is 10.5 Å². The Bertz CT molecular complexity index is 2470. The third kappa shape index (κ3) is 10.8. The monoisotopic (exact) mass is 872 g/mol. The number of fused-ring (bicyclic) bond motifs is 2. The van der Waals surface area contributed by atoms with Crippen molar-refractivity contribution in [1.29, 1.82) is 0 Å². The predicted molar refractivity (Wildman–Crippen MR) is 221 cm³/mol. The maximum absolute atomic E-state index is 12.0. The molecule has 0 bridgehead atoms. The van der Waals surface area contributed by atoms with E-state index in [-0.39, 0.29) is 25.9 Å². The van der Waals surface area contributed by atoms with E-state index in [9.17, 15) is 43.7 Å². The summed E-state index contributed by atoms with van der Waals surface area (Å²) < 4.78 is 113. The zero-order valence-corrected chi connectivity index (χ0v) is 36.3. The first-order valence-corrected chi connectivity index (χ1v) is 23.9. The summed E-state index contributed by atoms with van der Waals surface area (Å²) in [4.78, 5) is 13.2. The number of nitrogens with zero attached hydrogens (tertiary/aromatic N) is 2. The van der Waals surface area contributed by atoms with Gasteiger partial charge in [0.25, 0.3) is 6.47 Å². The summed E-state index contributed by atoms with van der Waals surface area (Å²) in [6.07, 6.45) is 9.37. The minimum Gasteiger partial charge on any atom is -0.748 e. The minimum atomic E-state index is -4.79. The smallest absolute Gasteiger partial charge is 0.295 e. The topological polar surface area (TPSA) is 242 Å². The highest BCUT2D eigenvalue weighted by Gasteiger charge is 2.45. The summed E-state index contributed by atoms with van der Waals surface area (Å²) in [7, 11) is -13.7. The molecule has 0 saturated carbocycles. The van der Waals surface area contributed by atoms with E-state index in [0.717, 1.165) is 40.1 Å². The highest BCUT2D eigenvalue weighted by Crippen LogP contribution is 2.48. The third-order valence-electron chi connectivity index (χ3n) is 11.1. The van der Waals surface area contributed by atoms with E-state index in [1.54, 1.807) is 0 Å². The number of anilines is 1. The number of benzene rings is 2. The first kappa shape index (κ1) is 45.9. The Balaban J connectivity index is 1.64. The molecule has 0 spiro atoms. The van der Waals surface area contributed by atoms with Gasteiger partial charge in [-0.3, -0.25) is 4.79 Å². The van der Waals surface area contributed by atoms with Crippen LogP contribution in [0.2, 0.25) is 0 Å². The van der Waals surface area contributed by atoms with Gasteiger partial charge in [-0.1, -0.05) is 43.7 Å². The van der Waals surface area contributed by atoms with Crippen LogP contribution in [0.4, 0.5) is 11.4 Å². The summed E-state index contributed by atoms with van der Waals surface area (Å²) in [5.41, 5.74) is 12.7. The second-order valence-corrected chi connectivity index (χ2v) is 20.5. The Labute approximate surface area is 347 Å². The maximum Gasteiger partial charge on any atom is 0.295 e. The van der Waals surface area contributed by atoms with Gasteiger partial charge in [0, 0.05) is 71.1 Å². The highest BCUT2D eigenvalue weighted by atomic mass is 32.2. The van der Waals surface area contributed by atoms with E-state index in [2.05, 4.69) is 30.1 Å². The van der Waals surface area contributed by atoms with E-state index >= 15 is 0 Å². The molecule has 2 aliphatic heterocycles. The van der Waals surface area contributed by atoms with Crippen molar-refractivity contribution >= 4 is 53.9 Å². The van der Waals surface area contributed by atoms with E-state index < -0.39 is 63.8 Å². The van der Waals surface area contributed by atoms with Gasteiger partial charge in [-0.15, -0.1) is 0 Å². The van der Waals surface area contributed by atoms with Crippen LogP contribution in [-0.4, -0.2) is 93.0 Å². The number of ether oxygens (including phenoxy) is 1. The van der Waals surface area contributed by atoms with Gasteiger partial charge >= 0.3 is 0 Å². The van der Waals surface area contributed by atoms with Crippen molar-refractivity contribution in [3.8, 4) is 0 Å². The molecule has 0 fully saturated rings. The molecular weight excluding hydrogens is 821 g/mol. The largest absolute Gasteiger partial charge is 0.748 e. The van der Waals surface area contributed by atoms with Crippen LogP contribution in [0.5, 0.6) is 0 Å². The molecule has 2 aromatic carbocycles. The number of carbonyl (C=O) groups is 1. The lowest BCUT2D eigenvalue weighted by Gasteiger charge is -2.29. The number of allylic oxidation sites excluding steroid dienone is 7. The van der Waals surface area contributed by atoms with E-state index in [1.807, 2.05) is 61.8 Å². The Morgan fingerprint density at radius 3 is 2.24 bits per heavy atom. The van der Waals surface area contributed by atoms with Crippen LogP contribution in [0.3, 0.4) is 0 Å². The lowest BCUT2D eigenvalue weighted by Crippen LogP contribution is -2.35. The van der Waals surface area contributed by atoms with Crippen molar-refractivity contribution in [3.63, 3.8) is 0 Å². The van der Waals surface area contributed by atoms with Gasteiger partial charge in [-0.25, -0.2) is 25.3 Å². The second-order valence-electron chi connectivity index (χ2n) is 16.1. The van der Waals surface area contributed by atoms with Crippen LogP contribution in [0, 0.1) is 6.92 Å². The average Bonchev–Trinajstić information content (AvgIpc) is 3.46. The number of hydrogen-bond acceptors (Lipinski definition) is 14. The molecule has 1 atom stereocenters. The predicted octanol–water partition coefficient (Wildman–Crippen LogP) is 4.19. The van der Waals surface area contributed by atoms with Crippen LogP contribution in [0.1, 0.15) is 82.9 Å². The summed E-state index contributed by atoms with van der Waals surface area (Å²) in [5.74, 6) is -1.11. The minimum absolute atomic E-state index is 0.00926. The Morgan fingerprint density at radius 2 is 1.59 bits per heavy atom. The molecule has 322 valence electrons. The molecule has 5 rings (SSSR count). The summed E-state index contributed by atoms with van der Waals surface area (Å²) in [5, 5.41) is 3.40. The molecule has 2 heterocycles. The van der Waals surface area contributed by atoms with E-state index in [1.165, 1.54) is 18.2 Å². The molecule has 1 unspecified atom stereocenters. The lowest BCUT2D eigenvalue weighted by atomic mass is 9.81. The molecule has 0 amide bonds. The maximum atomic E-state index is 12.0. The van der Waals surface area contributed by atoms with E-state index in [0.29, 0.717) is 54.9 Å².